The van der Waals surface area contributed by atoms with Crippen LogP contribution >= 0.6 is 23.2 Å². The van der Waals surface area contributed by atoms with Crippen molar-refractivity contribution in [2.45, 2.75) is 13.0 Å². The Morgan fingerprint density at radius 1 is 1.18 bits per heavy atom. The normalized spacial score (nSPS) is 11.8. The van der Waals surface area contributed by atoms with Crippen LogP contribution in [-0.4, -0.2) is 16.8 Å². The standard InChI is InChI=1S/C15H13Cl2N3O2/c1-8(9-2-4-11(16)12(17)6-9)20-15(22)13-5-3-10(7-19-13)14(18)21/h2-8H,1H3,(H2,18,21)(H,20,22). The third-order valence-electron chi connectivity index (χ3n) is 3.07. The third-order valence-corrected chi connectivity index (χ3v) is 3.81. The fourth-order valence-electron chi connectivity index (χ4n) is 1.81. The highest BCUT2D eigenvalue weighted by Crippen LogP contribution is 2.25. The van der Waals surface area contributed by atoms with Gasteiger partial charge in [-0.15, -0.1) is 0 Å². The summed E-state index contributed by atoms with van der Waals surface area (Å²) in [7, 11) is 0. The topological polar surface area (TPSA) is 85.1 Å². The zero-order chi connectivity index (χ0) is 16.3. The van der Waals surface area contributed by atoms with Crippen LogP contribution in [0.4, 0.5) is 0 Å². The summed E-state index contributed by atoms with van der Waals surface area (Å²) in [6, 6.07) is 7.76. The quantitative estimate of drug-likeness (QED) is 0.899. The Morgan fingerprint density at radius 2 is 1.91 bits per heavy atom. The van der Waals surface area contributed by atoms with E-state index >= 15 is 0 Å². The molecule has 2 rings (SSSR count). The van der Waals surface area contributed by atoms with Crippen molar-refractivity contribution in [3.05, 3.63) is 63.4 Å². The van der Waals surface area contributed by atoms with Crippen LogP contribution in [0.2, 0.25) is 10.0 Å². The van der Waals surface area contributed by atoms with E-state index in [1.807, 2.05) is 6.92 Å². The third kappa shape index (κ3) is 3.75. The summed E-state index contributed by atoms with van der Waals surface area (Å²) in [5, 5.41) is 3.66. The molecule has 0 spiro atoms. The number of amides is 2. The summed E-state index contributed by atoms with van der Waals surface area (Å²) in [6.45, 7) is 1.81. The number of halogens is 2. The first-order valence-electron chi connectivity index (χ1n) is 6.40. The molecule has 7 heteroatoms. The molecule has 2 amide bonds. The van der Waals surface area contributed by atoms with Gasteiger partial charge in [0.1, 0.15) is 5.69 Å². The first kappa shape index (κ1) is 16.3. The molecule has 1 unspecified atom stereocenters. The Bertz CT molecular complexity index is 717. The first-order chi connectivity index (χ1) is 10.4. The molecular weight excluding hydrogens is 325 g/mol. The second-order valence-corrected chi connectivity index (χ2v) is 5.48. The van der Waals surface area contributed by atoms with Gasteiger partial charge in [0, 0.05) is 6.20 Å². The molecule has 0 radical (unpaired) electrons. The first-order valence-corrected chi connectivity index (χ1v) is 7.15. The predicted molar refractivity (Wildman–Crippen MR) is 85.1 cm³/mol. The number of nitrogens with one attached hydrogen (secondary N) is 1. The zero-order valence-electron chi connectivity index (χ0n) is 11.6. The number of hydrogen-bond donors (Lipinski definition) is 2. The molecule has 0 saturated carbocycles. The van der Waals surface area contributed by atoms with Gasteiger partial charge in [-0.2, -0.15) is 0 Å². The molecule has 0 fully saturated rings. The molecule has 1 atom stereocenters. The highest BCUT2D eigenvalue weighted by molar-refractivity contribution is 6.42. The maximum absolute atomic E-state index is 12.1. The molecule has 1 aromatic heterocycles. The Kier molecular flexibility index (Phi) is 5.00. The molecule has 0 aliphatic heterocycles. The summed E-state index contributed by atoms with van der Waals surface area (Å²) >= 11 is 11.8. The summed E-state index contributed by atoms with van der Waals surface area (Å²) < 4.78 is 0. The average Bonchev–Trinajstić information content (AvgIpc) is 2.50. The van der Waals surface area contributed by atoms with Crippen LogP contribution in [0.1, 0.15) is 39.4 Å². The molecule has 3 N–H and O–H groups in total. The van der Waals surface area contributed by atoms with E-state index in [-0.39, 0.29) is 23.2 Å². The van der Waals surface area contributed by atoms with Crippen molar-refractivity contribution in [1.82, 2.24) is 10.3 Å². The number of nitrogens with zero attached hydrogens (tertiary/aromatic N) is 1. The van der Waals surface area contributed by atoms with E-state index in [0.717, 1.165) is 5.56 Å². The number of carbonyl (C=O) groups excluding carboxylic acids is 2. The van der Waals surface area contributed by atoms with Gasteiger partial charge in [0.05, 0.1) is 21.7 Å². The van der Waals surface area contributed by atoms with Crippen molar-refractivity contribution in [2.24, 2.45) is 5.73 Å². The summed E-state index contributed by atoms with van der Waals surface area (Å²) in [4.78, 5) is 27.0. The van der Waals surface area contributed by atoms with Gasteiger partial charge in [0.25, 0.3) is 5.91 Å². The van der Waals surface area contributed by atoms with Gasteiger partial charge in [-0.3, -0.25) is 14.6 Å². The van der Waals surface area contributed by atoms with E-state index in [4.69, 9.17) is 28.9 Å². The fraction of sp³-hybridized carbons (Fsp3) is 0.133. The second-order valence-electron chi connectivity index (χ2n) is 4.67. The van der Waals surface area contributed by atoms with Crippen LogP contribution in [0, 0.1) is 0 Å². The van der Waals surface area contributed by atoms with Crippen molar-refractivity contribution in [3.8, 4) is 0 Å². The smallest absolute Gasteiger partial charge is 0.270 e. The lowest BCUT2D eigenvalue weighted by molar-refractivity contribution is 0.0932. The molecule has 0 saturated heterocycles. The van der Waals surface area contributed by atoms with E-state index in [1.165, 1.54) is 18.3 Å². The van der Waals surface area contributed by atoms with Gasteiger partial charge < -0.3 is 11.1 Å². The van der Waals surface area contributed by atoms with Crippen molar-refractivity contribution in [1.29, 1.82) is 0 Å². The Hall–Kier alpha value is -2.11. The molecule has 22 heavy (non-hydrogen) atoms. The maximum Gasteiger partial charge on any atom is 0.270 e. The fourth-order valence-corrected chi connectivity index (χ4v) is 2.12. The van der Waals surface area contributed by atoms with Crippen molar-refractivity contribution in [3.63, 3.8) is 0 Å². The van der Waals surface area contributed by atoms with Gasteiger partial charge in [0.15, 0.2) is 0 Å². The van der Waals surface area contributed by atoms with Crippen molar-refractivity contribution < 1.29 is 9.59 Å². The lowest BCUT2D eigenvalue weighted by Crippen LogP contribution is -2.27. The molecule has 0 aliphatic rings. The monoisotopic (exact) mass is 337 g/mol. The van der Waals surface area contributed by atoms with Crippen molar-refractivity contribution in [2.75, 3.05) is 0 Å². The molecule has 1 aromatic carbocycles. The summed E-state index contributed by atoms with van der Waals surface area (Å²) in [5.74, 6) is -0.960. The summed E-state index contributed by atoms with van der Waals surface area (Å²) in [6.07, 6.45) is 1.26. The lowest BCUT2D eigenvalue weighted by atomic mass is 10.1. The highest BCUT2D eigenvalue weighted by Gasteiger charge is 2.14. The SMILES string of the molecule is CC(NC(=O)c1ccc(C(N)=O)cn1)c1ccc(Cl)c(Cl)c1. The largest absolute Gasteiger partial charge is 0.366 e. The maximum atomic E-state index is 12.1. The Labute approximate surface area is 137 Å². The van der Waals surface area contributed by atoms with E-state index in [1.54, 1.807) is 18.2 Å². The number of hydrogen-bond acceptors (Lipinski definition) is 3. The van der Waals surface area contributed by atoms with Crippen molar-refractivity contribution >= 4 is 35.0 Å². The number of aromatic nitrogens is 1. The van der Waals surface area contributed by atoms with Crippen LogP contribution < -0.4 is 11.1 Å². The van der Waals surface area contributed by atoms with Gasteiger partial charge in [-0.25, -0.2) is 0 Å². The Balaban J connectivity index is 2.10. The zero-order valence-corrected chi connectivity index (χ0v) is 13.2. The summed E-state index contributed by atoms with van der Waals surface area (Å²) in [5.41, 5.74) is 6.37. The molecule has 1 heterocycles. The van der Waals surface area contributed by atoms with E-state index in [0.29, 0.717) is 10.0 Å². The van der Waals surface area contributed by atoms with Gasteiger partial charge in [-0.1, -0.05) is 29.3 Å². The number of benzene rings is 1. The number of rotatable bonds is 4. The van der Waals surface area contributed by atoms with Crippen LogP contribution in [-0.2, 0) is 0 Å². The molecule has 0 aliphatic carbocycles. The highest BCUT2D eigenvalue weighted by atomic mass is 35.5. The minimum absolute atomic E-state index is 0.192. The predicted octanol–water partition coefficient (Wildman–Crippen LogP) is 2.98. The molecule has 2 aromatic rings. The second kappa shape index (κ2) is 6.77. The minimum atomic E-state index is -0.594. The van der Waals surface area contributed by atoms with Crippen LogP contribution in [0.3, 0.4) is 0 Å². The lowest BCUT2D eigenvalue weighted by Gasteiger charge is -2.14. The van der Waals surface area contributed by atoms with Crippen LogP contribution in [0.15, 0.2) is 36.5 Å². The molecular formula is C15H13Cl2N3O2. The van der Waals surface area contributed by atoms with Gasteiger partial charge >= 0.3 is 0 Å². The number of carbonyl (C=O) groups is 2. The van der Waals surface area contributed by atoms with Crippen LogP contribution in [0.25, 0.3) is 0 Å². The van der Waals surface area contributed by atoms with E-state index in [2.05, 4.69) is 10.3 Å². The molecule has 5 nitrogen and oxygen atoms in total. The van der Waals surface area contributed by atoms with Gasteiger partial charge in [0.2, 0.25) is 5.91 Å². The molecule has 0 bridgehead atoms. The average molecular weight is 338 g/mol. The minimum Gasteiger partial charge on any atom is -0.366 e. The van der Waals surface area contributed by atoms with E-state index in [9.17, 15) is 9.59 Å². The van der Waals surface area contributed by atoms with Crippen LogP contribution in [0.5, 0.6) is 0 Å². The van der Waals surface area contributed by atoms with E-state index < -0.39 is 5.91 Å². The number of nitrogens with two attached hydrogens (primary N) is 1. The molecule has 114 valence electrons. The number of primary amides is 1. The Morgan fingerprint density at radius 3 is 2.45 bits per heavy atom. The van der Waals surface area contributed by atoms with Gasteiger partial charge in [-0.05, 0) is 36.8 Å². The number of pyridine rings is 1.